The van der Waals surface area contributed by atoms with Gasteiger partial charge in [-0.3, -0.25) is 19.3 Å². The highest BCUT2D eigenvalue weighted by Gasteiger charge is 2.73. The number of aliphatic hydroxyl groups is 2. The van der Waals surface area contributed by atoms with Crippen LogP contribution in [0.3, 0.4) is 0 Å². The smallest absolute Gasteiger partial charge is 0.252 e. The number of guanidine groups is 2. The van der Waals surface area contributed by atoms with Crippen LogP contribution in [0.2, 0.25) is 0 Å². The number of aryl methyl sites for hydroxylation is 1. The molecule has 8 N–H and O–H groups in total. The van der Waals surface area contributed by atoms with Gasteiger partial charge in [0, 0.05) is 24.9 Å². The van der Waals surface area contributed by atoms with Crippen molar-refractivity contribution in [3.8, 4) is 0 Å². The molecule has 0 bridgehead atoms. The molecule has 13 nitrogen and oxygen atoms in total. The number of rotatable bonds is 4. The van der Waals surface area contributed by atoms with Gasteiger partial charge in [0.05, 0.1) is 12.6 Å². The van der Waals surface area contributed by atoms with Crippen molar-refractivity contribution in [2.75, 3.05) is 13.1 Å². The zero-order chi connectivity index (χ0) is 26.8. The molecule has 4 unspecified atom stereocenters. The van der Waals surface area contributed by atoms with Crippen LogP contribution in [0, 0.1) is 0 Å². The summed E-state index contributed by atoms with van der Waals surface area (Å²) in [6.07, 6.45) is 5.05. The van der Waals surface area contributed by atoms with Crippen LogP contribution < -0.4 is 22.1 Å². The molecule has 0 saturated carbocycles. The first-order valence-electron chi connectivity index (χ1n) is 13.1. The minimum atomic E-state index is -2.60. The average molecular weight is 525 g/mol. The van der Waals surface area contributed by atoms with Crippen molar-refractivity contribution in [3.63, 3.8) is 0 Å². The first-order chi connectivity index (χ1) is 18.1. The first kappa shape index (κ1) is 24.6. The number of aliphatic imine (C=N–C) groups is 2. The Kier molecular flexibility index (Phi) is 5.61. The van der Waals surface area contributed by atoms with Crippen molar-refractivity contribution in [1.29, 1.82) is 0 Å². The van der Waals surface area contributed by atoms with E-state index in [-0.39, 0.29) is 49.7 Å². The molecule has 202 valence electrons. The SMILES string of the molecule is NC1=NC2C(CN3C(=O)CCC3=O)N=C(N)N3CC(NC(=O)c4cccc5c4CCCCC5)C(O)(O)C23N1. The van der Waals surface area contributed by atoms with E-state index in [2.05, 4.69) is 20.6 Å². The molecule has 1 aliphatic carbocycles. The molecular weight excluding hydrogens is 492 g/mol. The second-order valence-electron chi connectivity index (χ2n) is 10.7. The number of imide groups is 1. The van der Waals surface area contributed by atoms with Crippen LogP contribution in [-0.4, -0.2) is 92.3 Å². The minimum absolute atomic E-state index is 0.0412. The standard InChI is InChI=1S/C25H32N8O5/c26-22-30-20-16(11-32-18(34)9-10-19(32)35)28-23(27)33-12-17(25(37,38)24(20,33)31-22)29-21(36)15-8-4-6-13-5-2-1-3-7-14(13)15/h4,6,8,16-17,20,37-38H,1-3,5,7,9-12H2,(H2,27,28)(H,29,36)(H3,26,30,31). The molecule has 5 aliphatic rings. The molecule has 4 aliphatic heterocycles. The van der Waals surface area contributed by atoms with Gasteiger partial charge in [-0.15, -0.1) is 0 Å². The van der Waals surface area contributed by atoms with E-state index in [0.29, 0.717) is 5.56 Å². The van der Waals surface area contributed by atoms with E-state index in [4.69, 9.17) is 11.5 Å². The number of carbonyl (C=O) groups excluding carboxylic acids is 3. The number of fused-ring (bicyclic) bond motifs is 1. The van der Waals surface area contributed by atoms with E-state index in [9.17, 15) is 24.6 Å². The fraction of sp³-hybridized carbons (Fsp3) is 0.560. The van der Waals surface area contributed by atoms with Gasteiger partial charge >= 0.3 is 0 Å². The maximum absolute atomic E-state index is 13.5. The third kappa shape index (κ3) is 3.48. The Hall–Kier alpha value is -3.71. The van der Waals surface area contributed by atoms with E-state index >= 15 is 0 Å². The zero-order valence-corrected chi connectivity index (χ0v) is 20.9. The molecule has 3 amide bonds. The zero-order valence-electron chi connectivity index (χ0n) is 20.9. The number of amides is 3. The third-order valence-corrected chi connectivity index (χ3v) is 8.52. The van der Waals surface area contributed by atoms with Crippen molar-refractivity contribution in [1.82, 2.24) is 20.4 Å². The van der Waals surface area contributed by atoms with Gasteiger partial charge in [-0.2, -0.15) is 0 Å². The Morgan fingerprint density at radius 2 is 1.82 bits per heavy atom. The summed E-state index contributed by atoms with van der Waals surface area (Å²) in [5.74, 6) is -3.79. The lowest BCUT2D eigenvalue weighted by Gasteiger charge is -2.49. The average Bonchev–Trinajstić information content (AvgIpc) is 3.37. The number of carbonyl (C=O) groups is 3. The molecule has 6 rings (SSSR count). The summed E-state index contributed by atoms with van der Waals surface area (Å²) in [6, 6.07) is 2.58. The highest BCUT2D eigenvalue weighted by Crippen LogP contribution is 2.45. The van der Waals surface area contributed by atoms with E-state index in [1.165, 1.54) is 4.90 Å². The fourth-order valence-electron chi connectivity index (χ4n) is 6.66. The number of nitrogens with zero attached hydrogens (tertiary/aromatic N) is 4. The highest BCUT2D eigenvalue weighted by atomic mass is 16.5. The molecule has 1 aromatic carbocycles. The van der Waals surface area contributed by atoms with Gasteiger partial charge in [-0.05, 0) is 42.9 Å². The number of nitrogens with two attached hydrogens (primary N) is 2. The normalized spacial score (nSPS) is 31.6. The molecule has 2 saturated heterocycles. The Bertz CT molecular complexity index is 1260. The van der Waals surface area contributed by atoms with Gasteiger partial charge in [0.2, 0.25) is 17.6 Å². The van der Waals surface area contributed by atoms with Crippen molar-refractivity contribution >= 4 is 29.6 Å². The number of nitrogens with one attached hydrogen (secondary N) is 2. The molecule has 1 spiro atoms. The van der Waals surface area contributed by atoms with Crippen molar-refractivity contribution in [2.24, 2.45) is 21.5 Å². The Balaban J connectivity index is 1.31. The van der Waals surface area contributed by atoms with Crippen LogP contribution in [0.15, 0.2) is 28.2 Å². The van der Waals surface area contributed by atoms with Crippen LogP contribution in [0.1, 0.15) is 53.6 Å². The minimum Gasteiger partial charge on any atom is -0.370 e. The monoisotopic (exact) mass is 524 g/mol. The molecule has 2 fully saturated rings. The Labute approximate surface area is 218 Å². The largest absolute Gasteiger partial charge is 0.370 e. The second-order valence-corrected chi connectivity index (χ2v) is 10.7. The predicted octanol–water partition coefficient (Wildman–Crippen LogP) is -2.12. The molecule has 38 heavy (non-hydrogen) atoms. The quantitative estimate of drug-likeness (QED) is 0.145. The Morgan fingerprint density at radius 1 is 1.08 bits per heavy atom. The van der Waals surface area contributed by atoms with Gasteiger partial charge in [0.1, 0.15) is 12.1 Å². The molecule has 4 atom stereocenters. The maximum Gasteiger partial charge on any atom is 0.252 e. The maximum atomic E-state index is 13.5. The first-order valence-corrected chi connectivity index (χ1v) is 13.1. The third-order valence-electron chi connectivity index (χ3n) is 8.52. The summed E-state index contributed by atoms with van der Waals surface area (Å²) < 4.78 is 0. The van der Waals surface area contributed by atoms with Crippen LogP contribution in [-0.2, 0) is 22.4 Å². The van der Waals surface area contributed by atoms with Crippen LogP contribution in [0.4, 0.5) is 0 Å². The van der Waals surface area contributed by atoms with E-state index < -0.39 is 35.5 Å². The van der Waals surface area contributed by atoms with Crippen LogP contribution >= 0.6 is 0 Å². The van der Waals surface area contributed by atoms with Gasteiger partial charge < -0.3 is 37.2 Å². The van der Waals surface area contributed by atoms with Gasteiger partial charge in [-0.1, -0.05) is 18.6 Å². The van der Waals surface area contributed by atoms with Crippen molar-refractivity contribution in [3.05, 3.63) is 34.9 Å². The van der Waals surface area contributed by atoms with Crippen molar-refractivity contribution in [2.45, 2.75) is 74.5 Å². The van der Waals surface area contributed by atoms with Crippen LogP contribution in [0.25, 0.3) is 0 Å². The van der Waals surface area contributed by atoms with E-state index in [1.807, 2.05) is 12.1 Å². The molecule has 0 radical (unpaired) electrons. The summed E-state index contributed by atoms with van der Waals surface area (Å²) >= 11 is 0. The molecular formula is C25H32N8O5. The van der Waals surface area contributed by atoms with E-state index in [1.54, 1.807) is 6.07 Å². The summed E-state index contributed by atoms with van der Waals surface area (Å²) in [7, 11) is 0. The number of hydrogen-bond acceptors (Lipinski definition) is 11. The van der Waals surface area contributed by atoms with Gasteiger partial charge in [0.25, 0.3) is 5.91 Å². The summed E-state index contributed by atoms with van der Waals surface area (Å²) in [5.41, 5.74) is 13.2. The summed E-state index contributed by atoms with van der Waals surface area (Å²) in [4.78, 5) is 49.5. The molecule has 4 heterocycles. The van der Waals surface area contributed by atoms with E-state index in [0.717, 1.165) is 48.1 Å². The lowest BCUT2D eigenvalue weighted by atomic mass is 9.84. The predicted molar refractivity (Wildman–Crippen MR) is 135 cm³/mol. The van der Waals surface area contributed by atoms with Crippen molar-refractivity contribution < 1.29 is 24.6 Å². The molecule has 0 aromatic heterocycles. The fourth-order valence-corrected chi connectivity index (χ4v) is 6.66. The van der Waals surface area contributed by atoms with Gasteiger partial charge in [-0.25, -0.2) is 9.98 Å². The summed E-state index contributed by atoms with van der Waals surface area (Å²) in [5, 5.41) is 29.0. The number of likely N-dealkylation sites (tertiary alicyclic amines) is 1. The number of hydrogen-bond donors (Lipinski definition) is 6. The molecule has 13 heteroatoms. The van der Waals surface area contributed by atoms with Crippen LogP contribution in [0.5, 0.6) is 0 Å². The summed E-state index contributed by atoms with van der Waals surface area (Å²) in [6.45, 7) is -0.204. The molecule has 1 aromatic rings. The second kappa shape index (κ2) is 8.67. The number of benzene rings is 1. The lowest BCUT2D eigenvalue weighted by molar-refractivity contribution is -0.230. The Morgan fingerprint density at radius 3 is 2.58 bits per heavy atom. The highest BCUT2D eigenvalue weighted by molar-refractivity contribution is 6.02. The topological polar surface area (TPSA) is 199 Å². The van der Waals surface area contributed by atoms with Gasteiger partial charge in [0.15, 0.2) is 17.6 Å². The lowest BCUT2D eigenvalue weighted by Crippen LogP contribution is -2.78.